The molecule has 4 nitrogen and oxygen atoms in total. The summed E-state index contributed by atoms with van der Waals surface area (Å²) in [6.07, 6.45) is 0.909. The molecule has 0 atom stereocenters. The fourth-order valence-corrected chi connectivity index (χ4v) is 1.85. The topological polar surface area (TPSA) is 52.6 Å². The van der Waals surface area contributed by atoms with Crippen LogP contribution in [-0.2, 0) is 4.79 Å². The molecular weight excluding hydrogens is 247 g/mol. The molecule has 0 fully saturated rings. The molecule has 19 heavy (non-hydrogen) atoms. The molecule has 1 aromatic rings. The lowest BCUT2D eigenvalue weighted by Crippen LogP contribution is -2.35. The number of nitrogens with one attached hydrogen (secondary N) is 1. The lowest BCUT2D eigenvalue weighted by molar-refractivity contribution is -0.117. The summed E-state index contributed by atoms with van der Waals surface area (Å²) in [5.41, 5.74) is 1.31. The Morgan fingerprint density at radius 1 is 1.42 bits per heavy atom. The van der Waals surface area contributed by atoms with Crippen LogP contribution in [0.25, 0.3) is 0 Å². The Morgan fingerprint density at radius 2 is 2.16 bits per heavy atom. The first kappa shape index (κ1) is 15.6. The van der Waals surface area contributed by atoms with Crippen LogP contribution in [0.3, 0.4) is 0 Å². The highest BCUT2D eigenvalue weighted by atomic mass is 19.1. The number of hydrogen-bond donors (Lipinski definition) is 2. The van der Waals surface area contributed by atoms with E-state index in [2.05, 4.69) is 5.32 Å². The van der Waals surface area contributed by atoms with E-state index in [1.807, 2.05) is 18.7 Å². The van der Waals surface area contributed by atoms with Crippen molar-refractivity contribution in [3.63, 3.8) is 0 Å². The molecule has 0 radical (unpaired) electrons. The van der Waals surface area contributed by atoms with Crippen molar-refractivity contribution in [2.24, 2.45) is 0 Å². The summed E-state index contributed by atoms with van der Waals surface area (Å²) in [5, 5.41) is 11.6. The number of rotatable bonds is 7. The van der Waals surface area contributed by atoms with Crippen molar-refractivity contribution in [1.29, 1.82) is 0 Å². The fraction of sp³-hybridized carbons (Fsp3) is 0.500. The lowest BCUT2D eigenvalue weighted by atomic mass is 10.2. The molecule has 0 saturated carbocycles. The number of amides is 1. The van der Waals surface area contributed by atoms with Crippen molar-refractivity contribution in [3.8, 4) is 0 Å². The number of nitrogens with zero attached hydrogens (tertiary/aromatic N) is 1. The van der Waals surface area contributed by atoms with Gasteiger partial charge in [-0.2, -0.15) is 0 Å². The van der Waals surface area contributed by atoms with E-state index >= 15 is 0 Å². The number of carbonyl (C=O) groups is 1. The highest BCUT2D eigenvalue weighted by Gasteiger charge is 2.11. The van der Waals surface area contributed by atoms with Crippen LogP contribution in [0.15, 0.2) is 18.2 Å². The van der Waals surface area contributed by atoms with E-state index in [9.17, 15) is 9.18 Å². The Kier molecular flexibility index (Phi) is 6.45. The average molecular weight is 268 g/mol. The van der Waals surface area contributed by atoms with Crippen LogP contribution in [0.5, 0.6) is 0 Å². The minimum absolute atomic E-state index is 0.0201. The van der Waals surface area contributed by atoms with Crippen molar-refractivity contribution >= 4 is 11.6 Å². The summed E-state index contributed by atoms with van der Waals surface area (Å²) < 4.78 is 13.1. The number of aliphatic hydroxyl groups is 1. The molecule has 0 aromatic heterocycles. The fourth-order valence-electron chi connectivity index (χ4n) is 1.85. The van der Waals surface area contributed by atoms with Gasteiger partial charge in [-0.1, -0.05) is 13.0 Å². The van der Waals surface area contributed by atoms with E-state index in [4.69, 9.17) is 5.11 Å². The molecule has 0 spiro atoms. The highest BCUT2D eigenvalue weighted by Crippen LogP contribution is 2.15. The Hall–Kier alpha value is -1.46. The summed E-state index contributed by atoms with van der Waals surface area (Å²) in [7, 11) is 0. The van der Waals surface area contributed by atoms with Crippen molar-refractivity contribution < 1.29 is 14.3 Å². The van der Waals surface area contributed by atoms with E-state index in [0.717, 1.165) is 18.5 Å². The van der Waals surface area contributed by atoms with Crippen LogP contribution < -0.4 is 5.32 Å². The summed E-state index contributed by atoms with van der Waals surface area (Å²) in [6, 6.07) is 4.30. The van der Waals surface area contributed by atoms with Crippen LogP contribution in [0.4, 0.5) is 10.1 Å². The van der Waals surface area contributed by atoms with Gasteiger partial charge in [0.15, 0.2) is 0 Å². The predicted octanol–water partition coefficient (Wildman–Crippen LogP) is 1.78. The number of anilines is 1. The van der Waals surface area contributed by atoms with Crippen LogP contribution in [-0.4, -0.2) is 42.2 Å². The van der Waals surface area contributed by atoms with Gasteiger partial charge in [-0.25, -0.2) is 4.39 Å². The lowest BCUT2D eigenvalue weighted by Gasteiger charge is -2.20. The first-order valence-electron chi connectivity index (χ1n) is 6.46. The highest BCUT2D eigenvalue weighted by molar-refractivity contribution is 5.92. The second-order valence-corrected chi connectivity index (χ2v) is 4.51. The zero-order valence-corrected chi connectivity index (χ0v) is 11.4. The van der Waals surface area contributed by atoms with Gasteiger partial charge in [-0.05, 0) is 37.6 Å². The second kappa shape index (κ2) is 7.86. The molecule has 5 heteroatoms. The molecule has 0 saturated heterocycles. The van der Waals surface area contributed by atoms with Gasteiger partial charge in [-0.3, -0.25) is 9.69 Å². The zero-order valence-electron chi connectivity index (χ0n) is 11.4. The van der Waals surface area contributed by atoms with Gasteiger partial charge in [0, 0.05) is 12.2 Å². The third-order valence-corrected chi connectivity index (χ3v) is 2.80. The molecule has 1 rings (SSSR count). The van der Waals surface area contributed by atoms with Crippen LogP contribution in [0.2, 0.25) is 0 Å². The van der Waals surface area contributed by atoms with Gasteiger partial charge in [0.05, 0.1) is 13.2 Å². The van der Waals surface area contributed by atoms with Gasteiger partial charge >= 0.3 is 0 Å². The largest absolute Gasteiger partial charge is 0.395 e. The smallest absolute Gasteiger partial charge is 0.238 e. The van der Waals surface area contributed by atoms with Gasteiger partial charge in [0.25, 0.3) is 0 Å². The van der Waals surface area contributed by atoms with E-state index < -0.39 is 0 Å². The zero-order chi connectivity index (χ0) is 14.3. The van der Waals surface area contributed by atoms with Gasteiger partial charge in [0.2, 0.25) is 5.91 Å². The van der Waals surface area contributed by atoms with Crippen LogP contribution in [0, 0.1) is 12.7 Å². The number of aryl methyl sites for hydroxylation is 1. The second-order valence-electron chi connectivity index (χ2n) is 4.51. The molecule has 1 amide bonds. The van der Waals surface area contributed by atoms with Crippen molar-refractivity contribution in [3.05, 3.63) is 29.6 Å². The van der Waals surface area contributed by atoms with Crippen molar-refractivity contribution in [1.82, 2.24) is 4.90 Å². The SMILES string of the molecule is CCCN(CCO)CC(=O)Nc1cc(F)ccc1C. The minimum atomic E-state index is -0.373. The van der Waals surface area contributed by atoms with E-state index in [-0.39, 0.29) is 24.9 Å². The Bertz CT molecular complexity index is 418. The Morgan fingerprint density at radius 3 is 2.79 bits per heavy atom. The predicted molar refractivity (Wildman–Crippen MR) is 73.6 cm³/mol. The maximum atomic E-state index is 13.1. The minimum Gasteiger partial charge on any atom is -0.395 e. The monoisotopic (exact) mass is 268 g/mol. The molecule has 0 aliphatic heterocycles. The van der Waals surface area contributed by atoms with Gasteiger partial charge < -0.3 is 10.4 Å². The molecule has 0 bridgehead atoms. The van der Waals surface area contributed by atoms with Gasteiger partial charge in [-0.15, -0.1) is 0 Å². The third kappa shape index (κ3) is 5.36. The molecule has 1 aromatic carbocycles. The van der Waals surface area contributed by atoms with Crippen molar-refractivity contribution in [2.75, 3.05) is 31.6 Å². The third-order valence-electron chi connectivity index (χ3n) is 2.80. The number of aliphatic hydroxyl groups excluding tert-OH is 1. The molecule has 106 valence electrons. The van der Waals surface area contributed by atoms with Crippen LogP contribution in [0.1, 0.15) is 18.9 Å². The number of benzene rings is 1. The molecule has 0 unspecified atom stereocenters. The Labute approximate surface area is 113 Å². The molecule has 0 heterocycles. The average Bonchev–Trinajstić information content (AvgIpc) is 2.34. The van der Waals surface area contributed by atoms with Gasteiger partial charge in [0.1, 0.15) is 5.82 Å². The van der Waals surface area contributed by atoms with E-state index in [1.54, 1.807) is 6.07 Å². The summed E-state index contributed by atoms with van der Waals surface area (Å²) in [6.45, 7) is 5.25. The summed E-state index contributed by atoms with van der Waals surface area (Å²) in [5.74, 6) is -0.572. The molecule has 0 aliphatic rings. The number of hydrogen-bond acceptors (Lipinski definition) is 3. The number of halogens is 1. The van der Waals surface area contributed by atoms with E-state index in [1.165, 1.54) is 12.1 Å². The standard InChI is InChI=1S/C14H21FN2O2/c1-3-6-17(7-8-18)10-14(19)16-13-9-12(15)5-4-11(13)2/h4-5,9,18H,3,6-8,10H2,1-2H3,(H,16,19). The van der Waals surface area contributed by atoms with Crippen LogP contribution >= 0.6 is 0 Å². The molecule has 2 N–H and O–H groups in total. The van der Waals surface area contributed by atoms with E-state index in [0.29, 0.717) is 12.2 Å². The Balaban J connectivity index is 2.60. The number of carbonyl (C=O) groups excluding carboxylic acids is 1. The first-order valence-corrected chi connectivity index (χ1v) is 6.46. The summed E-state index contributed by atoms with van der Waals surface area (Å²) in [4.78, 5) is 13.7. The normalized spacial score (nSPS) is 10.8. The molecular formula is C14H21FN2O2. The maximum absolute atomic E-state index is 13.1. The maximum Gasteiger partial charge on any atom is 0.238 e. The van der Waals surface area contributed by atoms with Crippen molar-refractivity contribution in [2.45, 2.75) is 20.3 Å². The first-order chi connectivity index (χ1) is 9.06. The molecule has 0 aliphatic carbocycles. The quantitative estimate of drug-likeness (QED) is 0.792. The summed E-state index contributed by atoms with van der Waals surface area (Å²) >= 11 is 0.